The molecule has 0 heterocycles. The molecule has 0 aliphatic rings. The van der Waals surface area contributed by atoms with Gasteiger partial charge in [-0.2, -0.15) is 0 Å². The first-order chi connectivity index (χ1) is 10.4. The lowest BCUT2D eigenvalue weighted by Crippen LogP contribution is -2.34. The summed E-state index contributed by atoms with van der Waals surface area (Å²) >= 11 is 13.9. The third-order valence-electron chi connectivity index (χ3n) is 2.59. The molecular weight excluding hydrogens is 445 g/mol. The van der Waals surface area contributed by atoms with Crippen LogP contribution in [0.25, 0.3) is 0 Å². The Hall–Kier alpha value is -1.38. The van der Waals surface area contributed by atoms with Crippen LogP contribution in [0.5, 0.6) is 0 Å². The van der Waals surface area contributed by atoms with Crippen molar-refractivity contribution in [2.24, 2.45) is 0 Å². The summed E-state index contributed by atoms with van der Waals surface area (Å²) in [7, 11) is 0. The SMILES string of the molecule is O=C(NC(=O)c1ccccc1F)Nc1cc(Cl)c(I)c(Cl)c1. The van der Waals surface area contributed by atoms with Gasteiger partial charge in [-0.25, -0.2) is 9.18 Å². The molecule has 22 heavy (non-hydrogen) atoms. The topological polar surface area (TPSA) is 58.2 Å². The van der Waals surface area contributed by atoms with E-state index in [1.54, 1.807) is 0 Å². The molecule has 2 N–H and O–H groups in total. The zero-order valence-electron chi connectivity index (χ0n) is 10.8. The summed E-state index contributed by atoms with van der Waals surface area (Å²) in [6, 6.07) is 7.50. The van der Waals surface area contributed by atoms with Crippen LogP contribution in [0.3, 0.4) is 0 Å². The smallest absolute Gasteiger partial charge is 0.308 e. The number of rotatable bonds is 2. The number of amides is 3. The molecule has 0 saturated carbocycles. The predicted octanol–water partition coefficient (Wildman–Crippen LogP) is 4.70. The lowest BCUT2D eigenvalue weighted by atomic mass is 10.2. The van der Waals surface area contributed by atoms with Crippen LogP contribution in [-0.4, -0.2) is 11.9 Å². The van der Waals surface area contributed by atoms with E-state index in [4.69, 9.17) is 23.2 Å². The Balaban J connectivity index is 2.08. The van der Waals surface area contributed by atoms with Crippen molar-refractivity contribution in [1.29, 1.82) is 0 Å². The van der Waals surface area contributed by atoms with Gasteiger partial charge in [0.25, 0.3) is 5.91 Å². The van der Waals surface area contributed by atoms with Gasteiger partial charge in [0.2, 0.25) is 0 Å². The maximum Gasteiger partial charge on any atom is 0.326 e. The van der Waals surface area contributed by atoms with Gasteiger partial charge in [0, 0.05) is 5.69 Å². The second-order valence-electron chi connectivity index (χ2n) is 4.14. The Morgan fingerprint density at radius 2 is 1.68 bits per heavy atom. The first-order valence-electron chi connectivity index (χ1n) is 5.90. The molecule has 2 aromatic carbocycles. The van der Waals surface area contributed by atoms with Gasteiger partial charge in [-0.1, -0.05) is 35.3 Å². The fourth-order valence-electron chi connectivity index (χ4n) is 1.61. The van der Waals surface area contributed by atoms with Gasteiger partial charge in [0.05, 0.1) is 19.2 Å². The summed E-state index contributed by atoms with van der Waals surface area (Å²) in [6.45, 7) is 0. The maximum atomic E-state index is 13.4. The fraction of sp³-hybridized carbons (Fsp3) is 0. The molecule has 2 rings (SSSR count). The zero-order valence-corrected chi connectivity index (χ0v) is 14.5. The third kappa shape index (κ3) is 4.08. The number of halogens is 4. The van der Waals surface area contributed by atoms with Crippen molar-refractivity contribution < 1.29 is 14.0 Å². The third-order valence-corrected chi connectivity index (χ3v) is 4.98. The van der Waals surface area contributed by atoms with E-state index in [2.05, 4.69) is 5.32 Å². The van der Waals surface area contributed by atoms with E-state index in [0.29, 0.717) is 19.3 Å². The normalized spacial score (nSPS) is 10.2. The predicted molar refractivity (Wildman–Crippen MR) is 92.1 cm³/mol. The van der Waals surface area contributed by atoms with Crippen LogP contribution < -0.4 is 10.6 Å². The highest BCUT2D eigenvalue weighted by Gasteiger charge is 2.15. The summed E-state index contributed by atoms with van der Waals surface area (Å²) in [6.07, 6.45) is 0. The molecule has 114 valence electrons. The van der Waals surface area contributed by atoms with E-state index >= 15 is 0 Å². The summed E-state index contributed by atoms with van der Waals surface area (Å²) in [4.78, 5) is 23.6. The number of imide groups is 1. The molecule has 0 bridgehead atoms. The molecule has 2 aromatic rings. The van der Waals surface area contributed by atoms with Crippen LogP contribution in [-0.2, 0) is 0 Å². The molecule has 0 spiro atoms. The first kappa shape index (κ1) is 17.0. The number of nitrogens with one attached hydrogen (secondary N) is 2. The van der Waals surface area contributed by atoms with Gasteiger partial charge in [-0.05, 0) is 46.9 Å². The monoisotopic (exact) mass is 452 g/mol. The van der Waals surface area contributed by atoms with E-state index in [1.807, 2.05) is 27.9 Å². The van der Waals surface area contributed by atoms with Crippen molar-refractivity contribution in [2.45, 2.75) is 0 Å². The van der Waals surface area contributed by atoms with E-state index < -0.39 is 17.8 Å². The van der Waals surface area contributed by atoms with Gasteiger partial charge in [0.1, 0.15) is 5.82 Å². The minimum atomic E-state index is -0.849. The highest BCUT2D eigenvalue weighted by molar-refractivity contribution is 14.1. The van der Waals surface area contributed by atoms with Crippen molar-refractivity contribution >= 4 is 63.4 Å². The maximum absolute atomic E-state index is 13.4. The number of benzene rings is 2. The Labute approximate surface area is 149 Å². The van der Waals surface area contributed by atoms with Gasteiger partial charge >= 0.3 is 6.03 Å². The fourth-order valence-corrected chi connectivity index (χ4v) is 2.40. The second-order valence-corrected chi connectivity index (χ2v) is 6.04. The minimum absolute atomic E-state index is 0.226. The van der Waals surface area contributed by atoms with Gasteiger partial charge in [-0.3, -0.25) is 10.1 Å². The second kappa shape index (κ2) is 7.26. The Morgan fingerprint density at radius 1 is 1.09 bits per heavy atom. The molecule has 0 aliphatic carbocycles. The molecule has 3 amide bonds. The molecule has 0 atom stereocenters. The summed E-state index contributed by atoms with van der Waals surface area (Å²) in [5.41, 5.74) is 0.0885. The van der Waals surface area contributed by atoms with Crippen LogP contribution in [0.15, 0.2) is 36.4 Å². The van der Waals surface area contributed by atoms with Gasteiger partial charge in [-0.15, -0.1) is 0 Å². The van der Waals surface area contributed by atoms with Crippen LogP contribution >= 0.6 is 45.8 Å². The van der Waals surface area contributed by atoms with Crippen molar-refractivity contribution in [3.8, 4) is 0 Å². The number of anilines is 1. The van der Waals surface area contributed by atoms with E-state index in [1.165, 1.54) is 30.3 Å². The average molecular weight is 453 g/mol. The van der Waals surface area contributed by atoms with Crippen LogP contribution in [0.2, 0.25) is 10.0 Å². The number of carbonyl (C=O) groups is 2. The molecule has 0 saturated heterocycles. The molecule has 0 radical (unpaired) electrons. The Kier molecular flexibility index (Phi) is 5.60. The zero-order chi connectivity index (χ0) is 16.3. The van der Waals surface area contributed by atoms with E-state index in [-0.39, 0.29) is 5.56 Å². The number of hydrogen-bond acceptors (Lipinski definition) is 2. The lowest BCUT2D eigenvalue weighted by Gasteiger charge is -2.09. The molecule has 0 aliphatic heterocycles. The molecule has 0 aromatic heterocycles. The number of carbonyl (C=O) groups excluding carboxylic acids is 2. The van der Waals surface area contributed by atoms with E-state index in [0.717, 1.165) is 6.07 Å². The molecule has 8 heteroatoms. The largest absolute Gasteiger partial charge is 0.326 e. The van der Waals surface area contributed by atoms with Crippen LogP contribution in [0.1, 0.15) is 10.4 Å². The number of hydrogen-bond donors (Lipinski definition) is 2. The molecule has 0 fully saturated rings. The van der Waals surface area contributed by atoms with Crippen LogP contribution in [0, 0.1) is 9.39 Å². The number of urea groups is 1. The van der Waals surface area contributed by atoms with Crippen molar-refractivity contribution in [3.63, 3.8) is 0 Å². The quantitative estimate of drug-likeness (QED) is 0.512. The van der Waals surface area contributed by atoms with Gasteiger partial charge in [0.15, 0.2) is 0 Å². The Morgan fingerprint density at radius 3 is 2.27 bits per heavy atom. The summed E-state index contributed by atoms with van der Waals surface area (Å²) in [5, 5.41) is 5.16. The highest BCUT2D eigenvalue weighted by atomic mass is 127. The molecule has 4 nitrogen and oxygen atoms in total. The van der Waals surface area contributed by atoms with Crippen molar-refractivity contribution in [1.82, 2.24) is 5.32 Å². The minimum Gasteiger partial charge on any atom is -0.308 e. The first-order valence-corrected chi connectivity index (χ1v) is 7.73. The summed E-state index contributed by atoms with van der Waals surface area (Å²) in [5.74, 6) is -1.56. The Bertz CT molecular complexity index is 732. The van der Waals surface area contributed by atoms with Crippen molar-refractivity contribution in [3.05, 3.63) is 61.4 Å². The van der Waals surface area contributed by atoms with Crippen LogP contribution in [0.4, 0.5) is 14.9 Å². The highest BCUT2D eigenvalue weighted by Crippen LogP contribution is 2.30. The van der Waals surface area contributed by atoms with E-state index in [9.17, 15) is 14.0 Å². The summed E-state index contributed by atoms with van der Waals surface area (Å²) < 4.78 is 14.1. The standard InChI is InChI=1S/C14H8Cl2FIN2O2/c15-9-5-7(6-10(16)12(9)18)19-14(22)20-13(21)8-3-1-2-4-11(8)17/h1-6H,(H2,19,20,21,22). The van der Waals surface area contributed by atoms with Gasteiger partial charge < -0.3 is 5.32 Å². The molecular formula is C14H8Cl2FIN2O2. The lowest BCUT2D eigenvalue weighted by molar-refractivity contribution is 0.0963. The molecule has 0 unspecified atom stereocenters. The average Bonchev–Trinajstić information content (AvgIpc) is 2.44. The van der Waals surface area contributed by atoms with Crippen molar-refractivity contribution in [2.75, 3.05) is 5.32 Å².